The van der Waals surface area contributed by atoms with Crippen LogP contribution in [0.25, 0.3) is 0 Å². The van der Waals surface area contributed by atoms with Crippen LogP contribution in [0.5, 0.6) is 11.5 Å². The van der Waals surface area contributed by atoms with E-state index in [-0.39, 0.29) is 64.9 Å². The second kappa shape index (κ2) is 16.5. The minimum absolute atomic E-state index is 0. The fourth-order valence-corrected chi connectivity index (χ4v) is 4.31. The quantitative estimate of drug-likeness (QED) is 0.0842. The van der Waals surface area contributed by atoms with Crippen molar-refractivity contribution in [3.8, 4) is 11.5 Å². The molecule has 1 aromatic carbocycles. The predicted molar refractivity (Wildman–Crippen MR) is 117 cm³/mol. The Kier molecular flexibility index (Phi) is 15.8. The minimum atomic E-state index is -5.25. The summed E-state index contributed by atoms with van der Waals surface area (Å²) in [6.45, 7) is -2.16. The summed E-state index contributed by atoms with van der Waals surface area (Å²) in [6, 6.07) is 5.79. The van der Waals surface area contributed by atoms with E-state index in [1.54, 1.807) is 0 Å². The smallest absolute Gasteiger partial charge is 0.726 e. The van der Waals surface area contributed by atoms with Gasteiger partial charge in [0.15, 0.2) is 6.29 Å². The van der Waals surface area contributed by atoms with Crippen LogP contribution in [0.1, 0.15) is 0 Å². The number of hydrogen-bond acceptors (Lipinski definition) is 18. The molecule has 1 aromatic rings. The maximum atomic E-state index is 10.9. The van der Waals surface area contributed by atoms with Crippen LogP contribution in [0.2, 0.25) is 0 Å². The molecule has 2 aliphatic heterocycles. The Hall–Kier alpha value is 0.240. The Balaban J connectivity index is 0.00000420. The van der Waals surface area contributed by atoms with Gasteiger partial charge in [-0.1, -0.05) is 0 Å². The Morgan fingerprint density at radius 1 is 0.707 bits per heavy atom. The van der Waals surface area contributed by atoms with Crippen molar-refractivity contribution in [2.45, 2.75) is 61.4 Å². The van der Waals surface area contributed by atoms with E-state index in [2.05, 4.69) is 8.37 Å². The van der Waals surface area contributed by atoms with Crippen LogP contribution in [0.4, 0.5) is 0 Å². The molecular formula is C19H26Na2O18S2. The van der Waals surface area contributed by atoms with Gasteiger partial charge in [0.25, 0.3) is 0 Å². The number of aliphatic hydroxyl groups is 5. The van der Waals surface area contributed by atoms with Gasteiger partial charge in [0.2, 0.25) is 27.1 Å². The van der Waals surface area contributed by atoms with E-state index < -0.39 is 95.4 Å². The molecule has 22 heteroatoms. The van der Waals surface area contributed by atoms with Gasteiger partial charge >= 0.3 is 59.1 Å². The summed E-state index contributed by atoms with van der Waals surface area (Å²) in [5, 5.41) is 52.1. The van der Waals surface area contributed by atoms with Crippen molar-refractivity contribution in [2.75, 3.05) is 20.3 Å². The second-order valence-corrected chi connectivity index (χ2v) is 10.4. The fraction of sp³-hybridized carbons (Fsp3) is 0.684. The van der Waals surface area contributed by atoms with Crippen LogP contribution in [0.3, 0.4) is 0 Å². The van der Waals surface area contributed by atoms with Gasteiger partial charge in [-0.25, -0.2) is 16.8 Å². The monoisotopic (exact) mass is 652 g/mol. The number of hydrogen-bond donors (Lipinski definition) is 5. The van der Waals surface area contributed by atoms with Crippen molar-refractivity contribution in [3.63, 3.8) is 0 Å². The first kappa shape index (κ1) is 39.3. The van der Waals surface area contributed by atoms with Gasteiger partial charge in [0.05, 0.1) is 20.3 Å². The average Bonchev–Trinajstić information content (AvgIpc) is 2.86. The standard InChI is InChI=1S/C19H28O18S2.2Na/c1-31-8-2-4-9(5-3-8)34-19-16(24)17(13(21)11(36-19)7-33-39(28,29)30)37-18-15(23)14(22)12(20)10(35-18)6-32-38(25,26)27;;/h2-5,10-24H,6-7H2,1H3,(H,25,26,27)(H,28,29,30);;/q;2*+1/p-2/t10-,11-,12+,13+,14+,15-,16-,17+,18+,19-;;/m1../s1. The zero-order chi connectivity index (χ0) is 29.1. The molecule has 0 bridgehead atoms. The molecule has 0 aromatic heterocycles. The zero-order valence-corrected chi connectivity index (χ0v) is 27.5. The SMILES string of the molecule is COc1ccc(O[C@@H]2O[C@H](COS(=O)(=O)[O-])[C@H](O)[C@H](O[C@@H]3O[C@H](COS(=O)(=O)[O-])[C@H](O)[C@H](O)[C@H]3O)[C@H]2O)cc1.[Na+].[Na+]. The van der Waals surface area contributed by atoms with Crippen LogP contribution in [-0.2, 0) is 43.4 Å². The first-order valence-electron chi connectivity index (χ1n) is 11.0. The van der Waals surface area contributed by atoms with E-state index in [9.17, 15) is 51.5 Å². The molecule has 0 aliphatic carbocycles. The van der Waals surface area contributed by atoms with E-state index in [0.717, 1.165) is 0 Å². The van der Waals surface area contributed by atoms with E-state index in [4.69, 9.17) is 23.7 Å². The predicted octanol–water partition coefficient (Wildman–Crippen LogP) is -10.3. The Bertz CT molecular complexity index is 1150. The third-order valence-corrected chi connectivity index (χ3v) is 6.52. The molecule has 224 valence electrons. The Labute approximate surface area is 278 Å². The van der Waals surface area contributed by atoms with Crippen molar-refractivity contribution in [3.05, 3.63) is 24.3 Å². The fourth-order valence-electron chi connectivity index (χ4n) is 3.71. The normalized spacial score (nSPS) is 34.1. The minimum Gasteiger partial charge on any atom is -0.726 e. The second-order valence-electron chi connectivity index (χ2n) is 8.32. The maximum absolute atomic E-state index is 10.9. The topological polar surface area (TPSA) is 280 Å². The molecule has 2 heterocycles. The summed E-state index contributed by atoms with van der Waals surface area (Å²) in [7, 11) is -9.08. The van der Waals surface area contributed by atoms with Crippen molar-refractivity contribution in [1.82, 2.24) is 0 Å². The largest absolute Gasteiger partial charge is 1.00 e. The maximum Gasteiger partial charge on any atom is 1.00 e. The number of ether oxygens (including phenoxy) is 5. The molecule has 18 nitrogen and oxygen atoms in total. The average molecular weight is 653 g/mol. The third kappa shape index (κ3) is 11.3. The van der Waals surface area contributed by atoms with Gasteiger partial charge in [-0.3, -0.25) is 8.37 Å². The van der Waals surface area contributed by atoms with E-state index in [1.807, 2.05) is 0 Å². The Morgan fingerprint density at radius 2 is 1.17 bits per heavy atom. The van der Waals surface area contributed by atoms with E-state index in [1.165, 1.54) is 31.4 Å². The van der Waals surface area contributed by atoms with Gasteiger partial charge in [-0.15, -0.1) is 0 Å². The van der Waals surface area contributed by atoms with Gasteiger partial charge in [0, 0.05) is 0 Å². The van der Waals surface area contributed by atoms with E-state index >= 15 is 0 Å². The summed E-state index contributed by atoms with van der Waals surface area (Å²) < 4.78 is 99.8. The third-order valence-electron chi connectivity index (χ3n) is 5.67. The number of benzene rings is 1. The molecule has 2 saturated heterocycles. The van der Waals surface area contributed by atoms with Crippen molar-refractivity contribution >= 4 is 20.8 Å². The summed E-state index contributed by atoms with van der Waals surface area (Å²) in [6.07, 6.45) is -19.0. The van der Waals surface area contributed by atoms with Crippen LogP contribution in [0, 0.1) is 0 Å². The summed E-state index contributed by atoms with van der Waals surface area (Å²) in [5.41, 5.74) is 0. The van der Waals surface area contributed by atoms with Crippen molar-refractivity contribution in [1.29, 1.82) is 0 Å². The zero-order valence-electron chi connectivity index (χ0n) is 21.9. The van der Waals surface area contributed by atoms with Gasteiger partial charge in [-0.2, -0.15) is 0 Å². The molecule has 0 radical (unpaired) electrons. The molecule has 2 fully saturated rings. The van der Waals surface area contributed by atoms with Crippen LogP contribution < -0.4 is 68.6 Å². The molecule has 5 N–H and O–H groups in total. The molecule has 3 rings (SSSR count). The van der Waals surface area contributed by atoms with Gasteiger partial charge in [0.1, 0.15) is 60.3 Å². The molecular weight excluding hydrogens is 626 g/mol. The van der Waals surface area contributed by atoms with Crippen LogP contribution >= 0.6 is 0 Å². The summed E-state index contributed by atoms with van der Waals surface area (Å²) in [4.78, 5) is 0. The first-order chi connectivity index (χ1) is 18.1. The molecule has 41 heavy (non-hydrogen) atoms. The Morgan fingerprint density at radius 3 is 1.66 bits per heavy atom. The molecule has 0 amide bonds. The van der Waals surface area contributed by atoms with Gasteiger partial charge in [-0.05, 0) is 24.3 Å². The first-order valence-corrected chi connectivity index (χ1v) is 13.6. The van der Waals surface area contributed by atoms with Crippen LogP contribution in [0.15, 0.2) is 24.3 Å². The van der Waals surface area contributed by atoms with Crippen molar-refractivity contribution in [2.24, 2.45) is 0 Å². The molecule has 2 aliphatic rings. The van der Waals surface area contributed by atoms with Crippen LogP contribution in [-0.4, -0.2) is 133 Å². The van der Waals surface area contributed by atoms with Gasteiger partial charge < -0.3 is 58.3 Å². The molecule has 10 atom stereocenters. The molecule has 0 unspecified atom stereocenters. The number of rotatable bonds is 11. The summed E-state index contributed by atoms with van der Waals surface area (Å²) >= 11 is 0. The summed E-state index contributed by atoms with van der Waals surface area (Å²) in [5.74, 6) is 0.540. The van der Waals surface area contributed by atoms with E-state index in [0.29, 0.717) is 5.75 Å². The molecule has 0 saturated carbocycles. The van der Waals surface area contributed by atoms with Crippen molar-refractivity contribution < 1.29 is 143 Å². The number of methoxy groups -OCH3 is 1. The molecule has 0 spiro atoms. The number of aliphatic hydroxyl groups excluding tert-OH is 5.